The summed E-state index contributed by atoms with van der Waals surface area (Å²) in [6.07, 6.45) is -0.700. The van der Waals surface area contributed by atoms with Gasteiger partial charge in [0, 0.05) is 50.8 Å². The summed E-state index contributed by atoms with van der Waals surface area (Å²) in [5.74, 6) is 1.55. The first-order valence-corrected chi connectivity index (χ1v) is 12.6. The summed E-state index contributed by atoms with van der Waals surface area (Å²) in [6.45, 7) is 3.65. The highest BCUT2D eigenvalue weighted by molar-refractivity contribution is 5.76. The van der Waals surface area contributed by atoms with Crippen LogP contribution in [0.15, 0.2) is 29.3 Å². The molecule has 3 aliphatic heterocycles. The maximum atomic E-state index is 13.5. The highest BCUT2D eigenvalue weighted by Gasteiger charge is 2.42. The van der Waals surface area contributed by atoms with Crippen LogP contribution in [0.4, 0.5) is 24.7 Å². The maximum Gasteiger partial charge on any atom is 0.423 e. The van der Waals surface area contributed by atoms with E-state index in [1.54, 1.807) is 12.3 Å². The first-order valence-electron chi connectivity index (χ1n) is 12.6. The third-order valence-electron chi connectivity index (χ3n) is 7.62. The van der Waals surface area contributed by atoms with E-state index in [2.05, 4.69) is 21.1 Å². The molecule has 2 aromatic rings. The van der Waals surface area contributed by atoms with E-state index in [0.717, 1.165) is 25.1 Å². The van der Waals surface area contributed by atoms with Crippen molar-refractivity contribution in [1.29, 1.82) is 5.26 Å². The molecule has 0 radical (unpaired) electrons. The summed E-state index contributed by atoms with van der Waals surface area (Å²) >= 11 is 0. The van der Waals surface area contributed by atoms with Gasteiger partial charge in [-0.3, -0.25) is 9.59 Å². The number of pyridine rings is 1. The number of carbonyl (C=O) groups excluding carboxylic acids is 1. The molecule has 2 aromatic heterocycles. The van der Waals surface area contributed by atoms with Crippen LogP contribution in [0.3, 0.4) is 0 Å². The molecule has 1 amide bonds. The summed E-state index contributed by atoms with van der Waals surface area (Å²) in [5.41, 5.74) is -2.23. The number of carbonyl (C=O) groups is 1. The first kappa shape index (κ1) is 26.0. The monoisotopic (exact) mass is 531 g/mol. The molecular weight excluding hydrogens is 503 g/mol. The zero-order valence-corrected chi connectivity index (χ0v) is 20.7. The minimum atomic E-state index is -4.80. The number of amides is 1. The number of halogens is 3. The maximum absolute atomic E-state index is 13.5. The fourth-order valence-electron chi connectivity index (χ4n) is 5.77. The van der Waals surface area contributed by atoms with Crippen molar-refractivity contribution in [3.05, 3.63) is 46.0 Å². The fraction of sp³-hybridized carbons (Fsp3) is 0.560. The van der Waals surface area contributed by atoms with E-state index < -0.39 is 17.3 Å². The molecule has 0 spiro atoms. The number of anilines is 2. The number of rotatable bonds is 7. The zero-order chi connectivity index (χ0) is 26.9. The number of alkyl halides is 3. The van der Waals surface area contributed by atoms with Crippen LogP contribution in [0.25, 0.3) is 0 Å². The van der Waals surface area contributed by atoms with Crippen molar-refractivity contribution in [2.24, 2.45) is 11.8 Å². The third kappa shape index (κ3) is 5.31. The molecule has 1 N–H and O–H groups in total. The van der Waals surface area contributed by atoms with E-state index in [0.29, 0.717) is 49.9 Å². The second-order valence-corrected chi connectivity index (χ2v) is 10.0. The third-order valence-corrected chi connectivity index (χ3v) is 7.62. The number of nitrogens with zero attached hydrogens (tertiary/aromatic N) is 6. The van der Waals surface area contributed by atoms with Gasteiger partial charge in [0.05, 0.1) is 43.1 Å². The van der Waals surface area contributed by atoms with E-state index in [-0.39, 0.29) is 37.3 Å². The number of H-pyrrole nitrogens is 1. The Hall–Kier alpha value is -3.66. The Morgan fingerprint density at radius 2 is 1.95 bits per heavy atom. The average Bonchev–Trinajstić information content (AvgIpc) is 3.61. The zero-order valence-electron chi connectivity index (χ0n) is 20.7. The van der Waals surface area contributed by atoms with Gasteiger partial charge >= 0.3 is 6.18 Å². The Morgan fingerprint density at radius 3 is 2.61 bits per heavy atom. The summed E-state index contributed by atoms with van der Waals surface area (Å²) < 4.78 is 46.2. The summed E-state index contributed by atoms with van der Waals surface area (Å²) in [6, 6.07) is 5.34. The standard InChI is InChI=1S/C25H28F3N7O3/c26-25(27,28)23-20(10-31-32-24(23)37)35-6-1-2-19(35)15-38-7-5-22(36)34-13-17-11-33(12-18(17)14-34)21-4-3-16(8-29)9-30-21/h3-4,9-10,17-19H,1-2,5-7,11-15H2,(H,32,37)/t17-,18?,19?/m0/s1. The fourth-order valence-corrected chi connectivity index (χ4v) is 5.77. The Bertz CT molecular complexity index is 1250. The van der Waals surface area contributed by atoms with Crippen molar-refractivity contribution < 1.29 is 22.7 Å². The van der Waals surface area contributed by atoms with Gasteiger partial charge in [-0.2, -0.15) is 23.5 Å². The Morgan fingerprint density at radius 1 is 1.18 bits per heavy atom. The van der Waals surface area contributed by atoms with Crippen LogP contribution >= 0.6 is 0 Å². The van der Waals surface area contributed by atoms with E-state index in [9.17, 15) is 22.8 Å². The second-order valence-electron chi connectivity index (χ2n) is 10.0. The molecule has 3 atom stereocenters. The second kappa shape index (κ2) is 10.6. The van der Waals surface area contributed by atoms with Crippen LogP contribution in [-0.2, 0) is 15.7 Å². The summed E-state index contributed by atoms with van der Waals surface area (Å²) in [4.78, 5) is 34.6. The average molecular weight is 532 g/mol. The van der Waals surface area contributed by atoms with Crippen LogP contribution in [0.5, 0.6) is 0 Å². The van der Waals surface area contributed by atoms with Gasteiger partial charge in [-0.05, 0) is 25.0 Å². The largest absolute Gasteiger partial charge is 0.423 e. The molecule has 3 aliphatic rings. The number of aromatic nitrogens is 3. The van der Waals surface area contributed by atoms with Gasteiger partial charge < -0.3 is 19.4 Å². The summed E-state index contributed by atoms with van der Waals surface area (Å²) in [5, 5.41) is 14.4. The van der Waals surface area contributed by atoms with Gasteiger partial charge in [0.2, 0.25) is 5.91 Å². The number of aromatic amines is 1. The Labute approximate surface area is 217 Å². The molecule has 0 saturated carbocycles. The molecule has 0 aromatic carbocycles. The number of likely N-dealkylation sites (tertiary alicyclic amines) is 1. The molecule has 13 heteroatoms. The van der Waals surface area contributed by atoms with E-state index >= 15 is 0 Å². The van der Waals surface area contributed by atoms with E-state index in [1.807, 2.05) is 16.1 Å². The minimum absolute atomic E-state index is 0.00359. The molecule has 0 bridgehead atoms. The molecule has 3 fully saturated rings. The lowest BCUT2D eigenvalue weighted by Crippen LogP contribution is -2.37. The molecule has 3 saturated heterocycles. The molecule has 5 rings (SSSR count). The number of ether oxygens (including phenoxy) is 1. The highest BCUT2D eigenvalue weighted by atomic mass is 19.4. The summed E-state index contributed by atoms with van der Waals surface area (Å²) in [7, 11) is 0. The molecule has 0 aliphatic carbocycles. The lowest BCUT2D eigenvalue weighted by atomic mass is 10.0. The predicted molar refractivity (Wildman–Crippen MR) is 130 cm³/mol. The molecule has 2 unspecified atom stereocenters. The van der Waals surface area contributed by atoms with Gasteiger partial charge in [-0.15, -0.1) is 0 Å². The van der Waals surface area contributed by atoms with Crippen molar-refractivity contribution >= 4 is 17.4 Å². The molecule has 10 nitrogen and oxygen atoms in total. The van der Waals surface area contributed by atoms with Crippen LogP contribution in [0.2, 0.25) is 0 Å². The number of hydrogen-bond acceptors (Lipinski definition) is 8. The van der Waals surface area contributed by atoms with Gasteiger partial charge in [0.25, 0.3) is 5.56 Å². The molecule has 202 valence electrons. The highest BCUT2D eigenvalue weighted by Crippen LogP contribution is 2.36. The van der Waals surface area contributed by atoms with E-state index in [4.69, 9.17) is 10.00 Å². The number of nitrogens with one attached hydrogen (secondary N) is 1. The quantitative estimate of drug-likeness (QED) is 0.540. The van der Waals surface area contributed by atoms with Crippen LogP contribution < -0.4 is 15.4 Å². The van der Waals surface area contributed by atoms with Crippen LogP contribution in [-0.4, -0.2) is 78.0 Å². The normalized spacial score (nSPS) is 23.1. The van der Waals surface area contributed by atoms with Gasteiger partial charge in [0.15, 0.2) is 0 Å². The topological polar surface area (TPSA) is 118 Å². The predicted octanol–water partition coefficient (Wildman–Crippen LogP) is 2.03. The Balaban J connectivity index is 1.08. The van der Waals surface area contributed by atoms with Crippen molar-refractivity contribution in [1.82, 2.24) is 20.1 Å². The number of fused-ring (bicyclic) bond motifs is 1. The molecule has 5 heterocycles. The van der Waals surface area contributed by atoms with Crippen molar-refractivity contribution in [3.8, 4) is 6.07 Å². The SMILES string of the molecule is N#Cc1ccc(N2CC3CN(C(=O)CCOCC4CCCN4c4cn[nH]c(=O)c4C(F)(F)F)C[C@@H]3C2)nc1. The first-order chi connectivity index (χ1) is 18.2. The van der Waals surface area contributed by atoms with Gasteiger partial charge in [-0.1, -0.05) is 0 Å². The van der Waals surface area contributed by atoms with Gasteiger partial charge in [0.1, 0.15) is 17.5 Å². The van der Waals surface area contributed by atoms with Crippen LogP contribution in [0.1, 0.15) is 30.4 Å². The smallest absolute Gasteiger partial charge is 0.379 e. The number of hydrogen-bond donors (Lipinski definition) is 1. The van der Waals surface area contributed by atoms with Crippen molar-refractivity contribution in [2.75, 3.05) is 55.7 Å². The lowest BCUT2D eigenvalue weighted by Gasteiger charge is -2.28. The minimum Gasteiger partial charge on any atom is -0.379 e. The van der Waals surface area contributed by atoms with Crippen molar-refractivity contribution in [2.45, 2.75) is 31.5 Å². The number of nitriles is 1. The Kier molecular flexibility index (Phi) is 7.25. The van der Waals surface area contributed by atoms with Gasteiger partial charge in [-0.25, -0.2) is 10.1 Å². The lowest BCUT2D eigenvalue weighted by molar-refractivity contribution is -0.138. The molecule has 38 heavy (non-hydrogen) atoms. The van der Waals surface area contributed by atoms with Crippen molar-refractivity contribution in [3.63, 3.8) is 0 Å². The van der Waals surface area contributed by atoms with Crippen LogP contribution in [0, 0.1) is 23.2 Å². The van der Waals surface area contributed by atoms with E-state index in [1.165, 1.54) is 4.90 Å². The molecular formula is C25H28F3N7O3.